The number of hydrogen-bond acceptors (Lipinski definition) is 10. The first kappa shape index (κ1) is 24.6. The van der Waals surface area contributed by atoms with E-state index in [4.69, 9.17) is 18.9 Å². The quantitative estimate of drug-likeness (QED) is 0.405. The van der Waals surface area contributed by atoms with E-state index in [2.05, 4.69) is 0 Å². The summed E-state index contributed by atoms with van der Waals surface area (Å²) in [5.41, 5.74) is 0. The fourth-order valence-electron chi connectivity index (χ4n) is 2.43. The smallest absolute Gasteiger partial charge is 0.190 e. The molecule has 2 rings (SSSR count). The van der Waals surface area contributed by atoms with Gasteiger partial charge < -0.3 is 29.2 Å². The summed E-state index contributed by atoms with van der Waals surface area (Å²) in [7, 11) is 0. The van der Waals surface area contributed by atoms with Crippen molar-refractivity contribution in [2.75, 3.05) is 39.6 Å². The molecule has 28 heavy (non-hydrogen) atoms. The van der Waals surface area contributed by atoms with Crippen LogP contribution in [0, 0.1) is 0 Å². The van der Waals surface area contributed by atoms with E-state index < -0.39 is 12.6 Å². The van der Waals surface area contributed by atoms with E-state index >= 15 is 0 Å². The van der Waals surface area contributed by atoms with Gasteiger partial charge in [0.25, 0.3) is 0 Å². The third-order valence-electron chi connectivity index (χ3n) is 3.54. The molecule has 0 aliphatic carbocycles. The summed E-state index contributed by atoms with van der Waals surface area (Å²) in [4.78, 5) is 3.46. The van der Waals surface area contributed by atoms with E-state index in [9.17, 15) is 10.2 Å². The van der Waals surface area contributed by atoms with Crippen LogP contribution in [0.2, 0.25) is 0 Å². The molecular weight excluding hydrogens is 440 g/mol. The first-order chi connectivity index (χ1) is 13.6. The molecule has 0 aromatic heterocycles. The fraction of sp³-hybridized carbons (Fsp3) is 0.667. The predicted molar refractivity (Wildman–Crippen MR) is 120 cm³/mol. The monoisotopic (exact) mass is 468 g/mol. The van der Waals surface area contributed by atoms with Gasteiger partial charge in [-0.1, -0.05) is 47.0 Å². The molecule has 0 bridgehead atoms. The Balaban J connectivity index is 2.21. The van der Waals surface area contributed by atoms with Crippen LogP contribution in [-0.2, 0) is 18.9 Å². The summed E-state index contributed by atoms with van der Waals surface area (Å²) in [5.74, 6) is 0. The second-order valence-electron chi connectivity index (χ2n) is 5.36. The summed E-state index contributed by atoms with van der Waals surface area (Å²) in [5, 5.41) is 19.7. The molecule has 2 aliphatic rings. The van der Waals surface area contributed by atoms with Gasteiger partial charge in [0.15, 0.2) is 12.6 Å². The SMILES string of the molecule is CCOC(OCC)C1=C(CO)S/C(=C2\SC(CO)=C(C(OCC)OCC)S2)S1. The van der Waals surface area contributed by atoms with E-state index in [1.165, 1.54) is 23.5 Å². The summed E-state index contributed by atoms with van der Waals surface area (Å²) in [6, 6.07) is 0. The van der Waals surface area contributed by atoms with Crippen molar-refractivity contribution in [3.8, 4) is 0 Å². The Bertz CT molecular complexity index is 555. The lowest BCUT2D eigenvalue weighted by atomic mass is 10.4. The maximum absolute atomic E-state index is 9.83. The van der Waals surface area contributed by atoms with Crippen molar-refractivity contribution in [3.05, 3.63) is 28.1 Å². The van der Waals surface area contributed by atoms with Crippen LogP contribution >= 0.6 is 47.0 Å². The zero-order valence-electron chi connectivity index (χ0n) is 16.6. The number of aliphatic hydroxyl groups excluding tert-OH is 2. The van der Waals surface area contributed by atoms with E-state index in [1.54, 1.807) is 23.5 Å². The van der Waals surface area contributed by atoms with Gasteiger partial charge >= 0.3 is 0 Å². The highest BCUT2D eigenvalue weighted by atomic mass is 32.2. The second-order valence-corrected chi connectivity index (χ2v) is 10.2. The van der Waals surface area contributed by atoms with Crippen LogP contribution in [0.3, 0.4) is 0 Å². The molecule has 0 atom stereocenters. The van der Waals surface area contributed by atoms with Gasteiger partial charge in [-0.05, 0) is 27.7 Å². The molecule has 0 unspecified atom stereocenters. The number of ether oxygens (including phenoxy) is 4. The van der Waals surface area contributed by atoms with Gasteiger partial charge in [-0.25, -0.2) is 0 Å². The van der Waals surface area contributed by atoms with Crippen LogP contribution in [0.5, 0.6) is 0 Å². The van der Waals surface area contributed by atoms with Crippen LogP contribution in [0.4, 0.5) is 0 Å². The lowest BCUT2D eigenvalue weighted by molar-refractivity contribution is -0.106. The number of thioether (sulfide) groups is 4. The standard InChI is InChI=1S/C18H28O6S4/c1-5-21-15(22-6-2)13-11(9-19)25-17(27-13)18-26-12(10-20)14(28-18)16(23-7-3)24-8-4/h15-16,19-20H,5-10H2,1-4H3/b18-17-. The number of rotatable bonds is 12. The molecule has 6 nitrogen and oxygen atoms in total. The molecule has 0 aromatic carbocycles. The van der Waals surface area contributed by atoms with Crippen LogP contribution in [0.15, 0.2) is 28.1 Å². The third-order valence-corrected chi connectivity index (χ3v) is 9.38. The minimum absolute atomic E-state index is 0.0661. The van der Waals surface area contributed by atoms with Crippen molar-refractivity contribution in [2.24, 2.45) is 0 Å². The maximum atomic E-state index is 9.83. The van der Waals surface area contributed by atoms with Gasteiger partial charge in [0.2, 0.25) is 0 Å². The second kappa shape index (κ2) is 12.9. The predicted octanol–water partition coefficient (Wildman–Crippen LogP) is 4.28. The van der Waals surface area contributed by atoms with Crippen molar-refractivity contribution in [3.63, 3.8) is 0 Å². The summed E-state index contributed by atoms with van der Waals surface area (Å²) < 4.78 is 25.0. The van der Waals surface area contributed by atoms with Gasteiger partial charge in [0.05, 0.1) is 31.5 Å². The van der Waals surface area contributed by atoms with E-state index in [1.807, 2.05) is 27.7 Å². The Morgan fingerprint density at radius 3 is 1.18 bits per heavy atom. The topological polar surface area (TPSA) is 77.4 Å². The van der Waals surface area contributed by atoms with Crippen molar-refractivity contribution >= 4 is 47.0 Å². The molecule has 0 amide bonds. The average molecular weight is 469 g/mol. The van der Waals surface area contributed by atoms with Gasteiger partial charge in [0, 0.05) is 36.2 Å². The minimum atomic E-state index is -0.478. The first-order valence-electron chi connectivity index (χ1n) is 9.23. The molecule has 0 saturated heterocycles. The Kier molecular flexibility index (Phi) is 11.4. The molecule has 0 fully saturated rings. The molecule has 0 saturated carbocycles. The Labute approximate surface area is 183 Å². The molecule has 0 spiro atoms. The van der Waals surface area contributed by atoms with Gasteiger partial charge in [-0.2, -0.15) is 0 Å². The highest BCUT2D eigenvalue weighted by molar-refractivity contribution is 8.34. The molecule has 0 aromatic rings. The van der Waals surface area contributed by atoms with Crippen LogP contribution in [0.1, 0.15) is 27.7 Å². The molecule has 2 heterocycles. The molecule has 2 aliphatic heterocycles. The Hall–Kier alpha value is 0.380. The molecular formula is C18H28O6S4. The van der Waals surface area contributed by atoms with Gasteiger partial charge in [-0.3, -0.25) is 0 Å². The zero-order valence-corrected chi connectivity index (χ0v) is 19.8. The zero-order chi connectivity index (χ0) is 20.5. The number of hydrogen-bond donors (Lipinski definition) is 2. The Morgan fingerprint density at radius 1 is 0.607 bits per heavy atom. The Morgan fingerprint density at radius 2 is 0.929 bits per heavy atom. The van der Waals surface area contributed by atoms with Crippen molar-refractivity contribution in [1.82, 2.24) is 0 Å². The van der Waals surface area contributed by atoms with E-state index in [-0.39, 0.29) is 13.2 Å². The van der Waals surface area contributed by atoms with Crippen LogP contribution < -0.4 is 0 Å². The fourth-order valence-corrected chi connectivity index (χ4v) is 7.93. The lowest BCUT2D eigenvalue weighted by Crippen LogP contribution is -2.19. The van der Waals surface area contributed by atoms with Crippen LogP contribution in [0.25, 0.3) is 0 Å². The third kappa shape index (κ3) is 6.19. The average Bonchev–Trinajstić information content (AvgIpc) is 3.31. The maximum Gasteiger partial charge on any atom is 0.190 e. The molecule has 2 N–H and O–H groups in total. The van der Waals surface area contributed by atoms with Gasteiger partial charge in [-0.15, -0.1) is 0 Å². The minimum Gasteiger partial charge on any atom is -0.391 e. The molecule has 160 valence electrons. The van der Waals surface area contributed by atoms with Gasteiger partial charge in [0.1, 0.15) is 0 Å². The first-order valence-corrected chi connectivity index (χ1v) is 12.5. The summed E-state index contributed by atoms with van der Waals surface area (Å²) in [6.45, 7) is 9.66. The lowest BCUT2D eigenvalue weighted by Gasteiger charge is -2.18. The largest absolute Gasteiger partial charge is 0.391 e. The highest BCUT2D eigenvalue weighted by Gasteiger charge is 2.35. The van der Waals surface area contributed by atoms with Crippen molar-refractivity contribution in [2.45, 2.75) is 40.3 Å². The molecule has 10 heteroatoms. The van der Waals surface area contributed by atoms with E-state index in [0.717, 1.165) is 28.1 Å². The molecule has 0 radical (unpaired) electrons. The normalized spacial score (nSPS) is 20.6. The van der Waals surface area contributed by atoms with Crippen LogP contribution in [-0.4, -0.2) is 62.4 Å². The summed E-state index contributed by atoms with van der Waals surface area (Å²) >= 11 is 6.18. The van der Waals surface area contributed by atoms with E-state index in [0.29, 0.717) is 26.4 Å². The van der Waals surface area contributed by atoms with Crippen molar-refractivity contribution in [1.29, 1.82) is 0 Å². The summed E-state index contributed by atoms with van der Waals surface area (Å²) in [6.07, 6.45) is -0.956. The highest BCUT2D eigenvalue weighted by Crippen LogP contribution is 2.61. The number of aliphatic hydroxyl groups is 2. The van der Waals surface area contributed by atoms with Crippen molar-refractivity contribution < 1.29 is 29.2 Å².